The van der Waals surface area contributed by atoms with Crippen LogP contribution in [-0.4, -0.2) is 36.2 Å². The molecule has 11 atom stereocenters. The Morgan fingerprint density at radius 2 is 1.02 bits per heavy atom. The van der Waals surface area contributed by atoms with Crippen molar-refractivity contribution in [1.82, 2.24) is 0 Å². The van der Waals surface area contributed by atoms with Crippen molar-refractivity contribution in [3.05, 3.63) is 136 Å². The van der Waals surface area contributed by atoms with Crippen molar-refractivity contribution in [3.63, 3.8) is 0 Å². The summed E-state index contributed by atoms with van der Waals surface area (Å²) in [6, 6.07) is 25.3. The normalized spacial score (nSPS) is 26.3. The van der Waals surface area contributed by atoms with Crippen LogP contribution in [0.5, 0.6) is 17.2 Å². The molecule has 0 radical (unpaired) electrons. The molecule has 7 saturated carbocycles. The van der Waals surface area contributed by atoms with Gasteiger partial charge in [0.2, 0.25) is 0 Å². The van der Waals surface area contributed by atoms with Crippen molar-refractivity contribution >= 4 is 17.9 Å². The van der Waals surface area contributed by atoms with Gasteiger partial charge in [-0.25, -0.2) is 18.4 Å². The zero-order chi connectivity index (χ0) is 93.9. The molecule has 10 heteroatoms. The molecule has 4 aromatic carbocycles. The average molecular weight is 1810 g/mol. The second-order valence-corrected chi connectivity index (χ2v) is 43.1. The molecule has 0 aromatic heterocycles. The highest BCUT2D eigenvalue weighted by molar-refractivity contribution is 5.92. The molecule has 7 fully saturated rings. The maximum absolute atomic E-state index is 14.8. The number of allylic oxidation sites excluding steroid dienone is 1. The van der Waals surface area contributed by atoms with Crippen LogP contribution in [0.2, 0.25) is 0 Å². The third-order valence-corrected chi connectivity index (χ3v) is 33.1. The van der Waals surface area contributed by atoms with Gasteiger partial charge in [-0.2, -0.15) is 0 Å². The summed E-state index contributed by atoms with van der Waals surface area (Å²) in [4.78, 5) is 37.3. The largest absolute Gasteiger partial charge is 0.485 e. The van der Waals surface area contributed by atoms with E-state index in [1.54, 1.807) is 71.8 Å². The quantitative estimate of drug-likeness (QED) is 0.0143. The van der Waals surface area contributed by atoms with Crippen molar-refractivity contribution in [2.75, 3.05) is 0 Å². The first-order valence-electron chi connectivity index (χ1n) is 53.8. The summed E-state index contributed by atoms with van der Waals surface area (Å²) < 4.78 is 57.3. The van der Waals surface area contributed by atoms with Gasteiger partial charge in [-0.3, -0.25) is 4.79 Å². The number of ether oxygens (including phenoxy) is 5. The van der Waals surface area contributed by atoms with Crippen molar-refractivity contribution in [2.45, 2.75) is 448 Å². The molecule has 8 aliphatic rings. The standard InChI is InChI=1S/C36H62O2.C30H26O5.C29H46F2O.C26H42.6H2/c1-7-8-9-10-11-12-16-34(37)38-29-21-23-35(5)28(25-29)17-18-30-32-20-19-31(27(4)15-13-14-26(2)3)36(32,6)24-22-33(30)35;1-4-6-8-10-11-13-23-33-27-19-15-26(16-20-27)30(32)35-28-21-17-25(18-22-28)29(31)34-24(3)14-12-9-7-5-2;1-4-6-7-8-10-21(3)32-29-27(30)19-26(20-28(29)31)25-17-15-24(16-18-25)23-13-11-22(9-5-2)12-14-23;1-4-6-21-7-11-23(12-8-21)25-15-17-26(18-16-25)24-13-9-22(10-14-24)19-20(3)5-2;;;;;;/h17,26-27,29-33H,7-16,18-25H2,1-6H3;1,15-22,24H,5,7,9,12,14H2,2-3H3;19-25H,4-18H2,1-3H3;9-10,13-14,20-21,23,25-26H,4-8,11-12,15-19H2,1-3H3;6*1H/t27-,29+,30+,31-,32+,33+,35+,36-;;;;;;;;;/m1........./s1. The van der Waals surface area contributed by atoms with Crippen LogP contribution in [-0.2, 0) is 20.7 Å². The SMILES string of the molecule is C#CC#CC#CC#COc1ccc(C(=O)Oc2ccc(C(=O)OC(C)CCCCCC)cc2)cc1.CCCC1CCC(C2CCC(c3ccc(CC(C)CC)cc3)CC2)CC1.CCCCCCC(C)Oc1c(F)cc(C2CCC(C3CCC(CCC)CC3)CC2)cc1F.CCCCCCCCC(=O)O[C@H]1CC[C@@]2(C)C(=CC[C@H]3[C@@H]4CC[C@H]([C@H](C)CCCC(C)C)[C@@]4(C)CC[C@@H]32)C1.[HH].[HH].[HH].[HH].[HH].[HH]. The van der Waals surface area contributed by atoms with Gasteiger partial charge in [-0.15, -0.1) is 6.42 Å². The van der Waals surface area contributed by atoms with Gasteiger partial charge in [0.25, 0.3) is 0 Å². The molecule has 0 bridgehead atoms. The lowest BCUT2D eigenvalue weighted by Gasteiger charge is -2.58. The Morgan fingerprint density at radius 1 is 0.496 bits per heavy atom. The number of hydrogen-bond acceptors (Lipinski definition) is 8. The molecule has 3 unspecified atom stereocenters. The maximum Gasteiger partial charge on any atom is 0.343 e. The first-order chi connectivity index (χ1) is 63.4. The molecule has 131 heavy (non-hydrogen) atoms. The van der Waals surface area contributed by atoms with E-state index in [0.717, 1.165) is 159 Å². The van der Waals surface area contributed by atoms with Gasteiger partial charge in [0.1, 0.15) is 23.7 Å². The third-order valence-electron chi connectivity index (χ3n) is 33.1. The lowest BCUT2D eigenvalue weighted by atomic mass is 9.47. The molecule has 0 spiro atoms. The number of halogens is 2. The number of fused-ring (bicyclic) bond motifs is 5. The minimum absolute atomic E-state index is 0. The van der Waals surface area contributed by atoms with E-state index < -0.39 is 23.6 Å². The van der Waals surface area contributed by atoms with Gasteiger partial charge in [-0.05, 0) is 369 Å². The molecule has 12 rings (SSSR count). The molecule has 734 valence electrons. The molecule has 8 aliphatic carbocycles. The van der Waals surface area contributed by atoms with Gasteiger partial charge in [0.05, 0.1) is 23.3 Å². The van der Waals surface area contributed by atoms with Crippen LogP contribution in [0.25, 0.3) is 0 Å². The van der Waals surface area contributed by atoms with E-state index in [4.69, 9.17) is 30.1 Å². The average Bonchev–Trinajstić information content (AvgIpc) is 1.62. The highest BCUT2D eigenvalue weighted by atomic mass is 19.1. The summed E-state index contributed by atoms with van der Waals surface area (Å²) >= 11 is 0. The fourth-order valence-electron chi connectivity index (χ4n) is 25.0. The molecule has 0 saturated heterocycles. The van der Waals surface area contributed by atoms with Gasteiger partial charge in [-0.1, -0.05) is 267 Å². The maximum atomic E-state index is 14.8. The zero-order valence-electron chi connectivity index (χ0n) is 84.5. The number of carbonyl (C=O) groups is 3. The van der Waals surface area contributed by atoms with Gasteiger partial charge in [0, 0.05) is 39.2 Å². The molecule has 0 N–H and O–H groups in total. The molecular formula is C121H188F2O8. The van der Waals surface area contributed by atoms with Gasteiger partial charge in [0.15, 0.2) is 17.4 Å². The molecule has 8 nitrogen and oxygen atoms in total. The number of esters is 3. The highest BCUT2D eigenvalue weighted by Crippen LogP contribution is 2.68. The second kappa shape index (κ2) is 57.6. The zero-order valence-corrected chi connectivity index (χ0v) is 84.5. The van der Waals surface area contributed by atoms with E-state index in [9.17, 15) is 23.2 Å². The Labute approximate surface area is 806 Å². The van der Waals surface area contributed by atoms with Crippen molar-refractivity contribution in [1.29, 1.82) is 0 Å². The van der Waals surface area contributed by atoms with Crippen LogP contribution in [0.4, 0.5) is 8.78 Å². The Balaban J connectivity index is 0.000000467. The van der Waals surface area contributed by atoms with E-state index in [-0.39, 0.29) is 44.5 Å². The topological polar surface area (TPSA) is 97.4 Å². The summed E-state index contributed by atoms with van der Waals surface area (Å²) in [5, 5.41) is 0. The molecule has 4 aromatic rings. The van der Waals surface area contributed by atoms with Crippen molar-refractivity contribution in [3.8, 4) is 65.3 Å². The fourth-order valence-corrected chi connectivity index (χ4v) is 25.0. The minimum Gasteiger partial charge on any atom is -0.485 e. The molecular weight excluding hydrogens is 1620 g/mol. The fraction of sp³-hybridized carbons (Fsp3) is 0.694. The van der Waals surface area contributed by atoms with E-state index in [0.29, 0.717) is 39.9 Å². The predicted molar refractivity (Wildman–Crippen MR) is 553 cm³/mol. The lowest BCUT2D eigenvalue weighted by molar-refractivity contribution is -0.151. The van der Waals surface area contributed by atoms with Crippen LogP contribution in [0, 0.1) is 147 Å². The highest BCUT2D eigenvalue weighted by Gasteiger charge is 2.59. The number of terminal acetylenes is 1. The van der Waals surface area contributed by atoms with Crippen LogP contribution in [0.3, 0.4) is 0 Å². The summed E-state index contributed by atoms with van der Waals surface area (Å²) in [5.74, 6) is 25.9. The smallest absolute Gasteiger partial charge is 0.343 e. The summed E-state index contributed by atoms with van der Waals surface area (Å²) in [6.45, 7) is 32.3. The van der Waals surface area contributed by atoms with Crippen molar-refractivity contribution < 1.29 is 55.4 Å². The number of carbonyl (C=O) groups excluding carboxylic acids is 3. The first-order valence-corrected chi connectivity index (χ1v) is 53.8. The van der Waals surface area contributed by atoms with E-state index in [1.807, 2.05) is 13.8 Å². The lowest BCUT2D eigenvalue weighted by Crippen LogP contribution is -2.51. The molecule has 0 aliphatic heterocycles. The number of rotatable bonds is 41. The van der Waals surface area contributed by atoms with Crippen LogP contribution in [0.1, 0.15) is 469 Å². The van der Waals surface area contributed by atoms with Gasteiger partial charge < -0.3 is 23.7 Å². The third kappa shape index (κ3) is 34.5. The first kappa shape index (κ1) is 107. The Morgan fingerprint density at radius 3 is 1.57 bits per heavy atom. The predicted octanol–water partition coefficient (Wildman–Crippen LogP) is 35.3. The van der Waals surface area contributed by atoms with Gasteiger partial charge >= 0.3 is 17.9 Å². The summed E-state index contributed by atoms with van der Waals surface area (Å²) in [7, 11) is 0. The van der Waals surface area contributed by atoms with Crippen molar-refractivity contribution in [2.24, 2.45) is 87.8 Å². The van der Waals surface area contributed by atoms with E-state index in [1.165, 1.54) is 250 Å². The second-order valence-electron chi connectivity index (χ2n) is 43.1. The Kier molecular flexibility index (Phi) is 47.2. The molecule has 0 heterocycles. The summed E-state index contributed by atoms with van der Waals surface area (Å²) in [5.41, 5.74) is 7.24. The van der Waals surface area contributed by atoms with Crippen LogP contribution in [0.15, 0.2) is 96.6 Å². The Bertz CT molecular complexity index is 4270. The Hall–Kier alpha value is -7.27. The number of unbranched alkanes of at least 4 members (excludes halogenated alkanes) is 11. The summed E-state index contributed by atoms with van der Waals surface area (Å²) in [6.07, 6.45) is 73.4. The molecule has 0 amide bonds. The number of benzene rings is 4. The monoisotopic (exact) mass is 1810 g/mol. The minimum atomic E-state index is -0.545. The number of hydrogen-bond donors (Lipinski definition) is 0. The van der Waals surface area contributed by atoms with Crippen LogP contribution >= 0.6 is 0 Å². The van der Waals surface area contributed by atoms with E-state index >= 15 is 0 Å². The van der Waals surface area contributed by atoms with E-state index in [2.05, 4.69) is 155 Å². The van der Waals surface area contributed by atoms with Crippen LogP contribution < -0.4 is 14.2 Å².